The maximum Gasteiger partial charge on any atom is 0.166 e. The molecule has 0 aliphatic heterocycles. The molecule has 0 aliphatic rings. The maximum atomic E-state index is 13.7. The molecule has 2 aromatic carbocycles. The van der Waals surface area contributed by atoms with Crippen LogP contribution < -0.4 is 0 Å². The second-order valence-electron chi connectivity index (χ2n) is 3.54. The van der Waals surface area contributed by atoms with Crippen molar-refractivity contribution in [2.24, 2.45) is 0 Å². The summed E-state index contributed by atoms with van der Waals surface area (Å²) in [4.78, 5) is 0. The van der Waals surface area contributed by atoms with Crippen LogP contribution in [0.3, 0.4) is 0 Å². The average Bonchev–Trinajstić information content (AvgIpc) is 2.33. The Labute approximate surface area is 111 Å². The molecule has 0 fully saturated rings. The molecule has 88 valence electrons. The van der Waals surface area contributed by atoms with Crippen molar-refractivity contribution in [2.45, 2.75) is 5.33 Å². The lowest BCUT2D eigenvalue weighted by atomic mass is 10.00. The molecule has 0 spiro atoms. The molecule has 0 unspecified atom stereocenters. The molecule has 0 radical (unpaired) electrons. The van der Waals surface area contributed by atoms with Gasteiger partial charge in [0, 0.05) is 15.9 Å². The Morgan fingerprint density at radius 3 is 2.53 bits per heavy atom. The highest BCUT2D eigenvalue weighted by atomic mass is 79.9. The largest absolute Gasteiger partial charge is 0.204 e. The van der Waals surface area contributed by atoms with E-state index in [0.717, 1.165) is 11.6 Å². The van der Waals surface area contributed by atoms with Crippen LogP contribution in [0.5, 0.6) is 0 Å². The summed E-state index contributed by atoms with van der Waals surface area (Å²) in [6, 6.07) is 9.26. The van der Waals surface area contributed by atoms with Gasteiger partial charge in [-0.15, -0.1) is 0 Å². The van der Waals surface area contributed by atoms with E-state index in [1.807, 2.05) is 0 Å². The predicted octanol–water partition coefficient (Wildman–Crippen LogP) is 5.18. The van der Waals surface area contributed by atoms with Crippen molar-refractivity contribution in [1.29, 1.82) is 0 Å². The van der Waals surface area contributed by atoms with Crippen molar-refractivity contribution in [1.82, 2.24) is 0 Å². The van der Waals surface area contributed by atoms with Gasteiger partial charge in [0.05, 0.1) is 0 Å². The Balaban J connectivity index is 2.67. The second kappa shape index (κ2) is 5.15. The Hall–Kier alpha value is -0.930. The third-order valence-electron chi connectivity index (χ3n) is 2.46. The highest BCUT2D eigenvalue weighted by Crippen LogP contribution is 2.31. The molecular weight excluding hydrogens is 309 g/mol. The Morgan fingerprint density at radius 2 is 1.82 bits per heavy atom. The van der Waals surface area contributed by atoms with E-state index in [1.165, 1.54) is 12.1 Å². The molecule has 2 aromatic rings. The van der Waals surface area contributed by atoms with Gasteiger partial charge in [-0.3, -0.25) is 0 Å². The molecular formula is C13H8BrClF2. The van der Waals surface area contributed by atoms with Gasteiger partial charge in [-0.05, 0) is 29.3 Å². The molecule has 0 aliphatic carbocycles. The number of hydrogen-bond donors (Lipinski definition) is 0. The Morgan fingerprint density at radius 1 is 1.06 bits per heavy atom. The van der Waals surface area contributed by atoms with Gasteiger partial charge in [-0.25, -0.2) is 8.78 Å². The van der Waals surface area contributed by atoms with E-state index in [0.29, 0.717) is 15.9 Å². The second-order valence-corrected chi connectivity index (χ2v) is 4.53. The first-order valence-corrected chi connectivity index (χ1v) is 6.42. The van der Waals surface area contributed by atoms with E-state index in [1.54, 1.807) is 18.2 Å². The van der Waals surface area contributed by atoms with Crippen molar-refractivity contribution in [3.8, 4) is 11.1 Å². The summed E-state index contributed by atoms with van der Waals surface area (Å²) in [5, 5.41) is 1.04. The van der Waals surface area contributed by atoms with Crippen LogP contribution in [0.15, 0.2) is 36.4 Å². The van der Waals surface area contributed by atoms with Crippen LogP contribution in [0.4, 0.5) is 8.78 Å². The first kappa shape index (κ1) is 12.5. The van der Waals surface area contributed by atoms with Gasteiger partial charge in [0.15, 0.2) is 11.6 Å². The Kier molecular flexibility index (Phi) is 3.79. The summed E-state index contributed by atoms with van der Waals surface area (Å²) in [5.74, 6) is -1.71. The lowest BCUT2D eigenvalue weighted by molar-refractivity contribution is 0.511. The average molecular weight is 318 g/mol. The summed E-state index contributed by atoms with van der Waals surface area (Å²) in [7, 11) is 0. The summed E-state index contributed by atoms with van der Waals surface area (Å²) in [6.07, 6.45) is 0. The van der Waals surface area contributed by atoms with Crippen molar-refractivity contribution in [2.75, 3.05) is 0 Å². The van der Waals surface area contributed by atoms with Crippen LogP contribution in [0, 0.1) is 11.6 Å². The number of rotatable bonds is 2. The minimum atomic E-state index is -0.858. The fraction of sp³-hybridized carbons (Fsp3) is 0.0769. The number of halogens is 4. The van der Waals surface area contributed by atoms with E-state index >= 15 is 0 Å². The van der Waals surface area contributed by atoms with Gasteiger partial charge in [-0.1, -0.05) is 45.7 Å². The van der Waals surface area contributed by atoms with Gasteiger partial charge in [-0.2, -0.15) is 0 Å². The van der Waals surface area contributed by atoms with E-state index in [9.17, 15) is 8.78 Å². The fourth-order valence-electron chi connectivity index (χ4n) is 1.63. The molecule has 0 nitrogen and oxygen atoms in total. The highest BCUT2D eigenvalue weighted by Gasteiger charge is 2.13. The highest BCUT2D eigenvalue weighted by molar-refractivity contribution is 9.08. The number of benzene rings is 2. The molecule has 0 atom stereocenters. The zero-order chi connectivity index (χ0) is 12.4. The van der Waals surface area contributed by atoms with E-state index < -0.39 is 11.6 Å². The molecule has 4 heteroatoms. The topological polar surface area (TPSA) is 0 Å². The summed E-state index contributed by atoms with van der Waals surface area (Å²) < 4.78 is 26.9. The monoisotopic (exact) mass is 316 g/mol. The standard InChI is InChI=1S/C13H8BrClF2/c14-7-8-4-5-9(15)6-11(8)10-2-1-3-12(16)13(10)17/h1-6H,7H2. The first-order chi connectivity index (χ1) is 8.13. The summed E-state index contributed by atoms with van der Waals surface area (Å²) >= 11 is 9.20. The van der Waals surface area contributed by atoms with Crippen LogP contribution in [0.25, 0.3) is 11.1 Å². The molecule has 0 saturated carbocycles. The van der Waals surface area contributed by atoms with Gasteiger partial charge in [0.25, 0.3) is 0 Å². The third kappa shape index (κ3) is 2.50. The maximum absolute atomic E-state index is 13.7. The van der Waals surface area contributed by atoms with Gasteiger partial charge >= 0.3 is 0 Å². The van der Waals surface area contributed by atoms with E-state index in [2.05, 4.69) is 15.9 Å². The molecule has 0 saturated heterocycles. The van der Waals surface area contributed by atoms with Gasteiger partial charge in [0.2, 0.25) is 0 Å². The predicted molar refractivity (Wildman–Crippen MR) is 69.4 cm³/mol. The van der Waals surface area contributed by atoms with Crippen LogP contribution in [-0.4, -0.2) is 0 Å². The normalized spacial score (nSPS) is 10.6. The quantitative estimate of drug-likeness (QED) is 0.669. The first-order valence-electron chi connectivity index (χ1n) is 4.92. The van der Waals surface area contributed by atoms with E-state index in [-0.39, 0.29) is 5.56 Å². The smallest absolute Gasteiger partial charge is 0.166 e. The zero-order valence-electron chi connectivity index (χ0n) is 8.68. The SMILES string of the molecule is Fc1cccc(-c2cc(Cl)ccc2CBr)c1F. The van der Waals surface area contributed by atoms with Crippen LogP contribution in [0.2, 0.25) is 5.02 Å². The van der Waals surface area contributed by atoms with Gasteiger partial charge < -0.3 is 0 Å². The molecule has 0 aromatic heterocycles. The van der Waals surface area contributed by atoms with Crippen molar-refractivity contribution in [3.63, 3.8) is 0 Å². The van der Waals surface area contributed by atoms with Crippen molar-refractivity contribution in [3.05, 3.63) is 58.6 Å². The number of hydrogen-bond acceptors (Lipinski definition) is 0. The van der Waals surface area contributed by atoms with E-state index in [4.69, 9.17) is 11.6 Å². The third-order valence-corrected chi connectivity index (χ3v) is 3.30. The molecule has 0 bridgehead atoms. The lowest BCUT2D eigenvalue weighted by Crippen LogP contribution is -1.92. The minimum Gasteiger partial charge on any atom is -0.204 e. The lowest BCUT2D eigenvalue weighted by Gasteiger charge is -2.09. The van der Waals surface area contributed by atoms with Crippen LogP contribution in [-0.2, 0) is 5.33 Å². The number of alkyl halides is 1. The molecule has 17 heavy (non-hydrogen) atoms. The zero-order valence-corrected chi connectivity index (χ0v) is 11.0. The molecule has 0 N–H and O–H groups in total. The summed E-state index contributed by atoms with van der Waals surface area (Å²) in [6.45, 7) is 0. The molecule has 0 heterocycles. The van der Waals surface area contributed by atoms with Crippen LogP contribution >= 0.6 is 27.5 Å². The Bertz CT molecular complexity index is 555. The van der Waals surface area contributed by atoms with Gasteiger partial charge in [0.1, 0.15) is 0 Å². The van der Waals surface area contributed by atoms with Crippen molar-refractivity contribution >= 4 is 27.5 Å². The summed E-state index contributed by atoms with van der Waals surface area (Å²) in [5.41, 5.74) is 1.69. The van der Waals surface area contributed by atoms with Crippen LogP contribution in [0.1, 0.15) is 5.56 Å². The van der Waals surface area contributed by atoms with Crippen molar-refractivity contribution < 1.29 is 8.78 Å². The molecule has 2 rings (SSSR count). The fourth-order valence-corrected chi connectivity index (χ4v) is 2.29. The molecule has 0 amide bonds. The minimum absolute atomic E-state index is 0.224.